The van der Waals surface area contributed by atoms with Gasteiger partial charge in [-0.05, 0) is 26.2 Å². The molecule has 0 aromatic carbocycles. The maximum absolute atomic E-state index is 11.0. The second kappa shape index (κ2) is 7.60. The molecule has 5 nitrogen and oxygen atoms in total. The van der Waals surface area contributed by atoms with Crippen molar-refractivity contribution in [1.82, 2.24) is 15.0 Å². The van der Waals surface area contributed by atoms with Crippen LogP contribution in [0.3, 0.4) is 0 Å². The van der Waals surface area contributed by atoms with Crippen LogP contribution in [0.15, 0.2) is 18.3 Å². The van der Waals surface area contributed by atoms with Crippen molar-refractivity contribution >= 4 is 5.97 Å². The van der Waals surface area contributed by atoms with Gasteiger partial charge in [-0.15, -0.1) is 5.10 Å². The molecule has 17 heavy (non-hydrogen) atoms. The standard InChI is InChI=1S/C12H19N3O2/c1-3-9-15-10-11(13-14-15)7-5-6-8-12(16)17-4-2/h6,8,10H,3-5,7,9H2,1-2H3/b8-6+. The molecule has 0 aliphatic carbocycles. The molecule has 0 saturated heterocycles. The summed E-state index contributed by atoms with van der Waals surface area (Å²) in [5.41, 5.74) is 0.951. The zero-order valence-corrected chi connectivity index (χ0v) is 10.4. The molecule has 0 N–H and O–H groups in total. The van der Waals surface area contributed by atoms with Crippen molar-refractivity contribution in [3.8, 4) is 0 Å². The first-order valence-electron chi connectivity index (χ1n) is 5.98. The van der Waals surface area contributed by atoms with Gasteiger partial charge < -0.3 is 4.74 Å². The molecular formula is C12H19N3O2. The van der Waals surface area contributed by atoms with E-state index in [0.29, 0.717) is 6.61 Å². The highest BCUT2D eigenvalue weighted by Gasteiger charge is 1.99. The van der Waals surface area contributed by atoms with Gasteiger partial charge in [0.15, 0.2) is 0 Å². The monoisotopic (exact) mass is 237 g/mol. The summed E-state index contributed by atoms with van der Waals surface area (Å²) in [7, 11) is 0. The van der Waals surface area contributed by atoms with Crippen LogP contribution in [0.1, 0.15) is 32.4 Å². The number of esters is 1. The molecule has 0 fully saturated rings. The van der Waals surface area contributed by atoms with Crippen LogP contribution in [0.4, 0.5) is 0 Å². The minimum absolute atomic E-state index is 0.290. The number of hydrogen-bond donors (Lipinski definition) is 0. The van der Waals surface area contributed by atoms with Gasteiger partial charge in [-0.2, -0.15) is 0 Å². The fourth-order valence-electron chi connectivity index (χ4n) is 1.39. The van der Waals surface area contributed by atoms with Crippen molar-refractivity contribution in [2.75, 3.05) is 6.61 Å². The summed E-state index contributed by atoms with van der Waals surface area (Å²) < 4.78 is 6.61. The van der Waals surface area contributed by atoms with Crippen molar-refractivity contribution in [2.45, 2.75) is 39.7 Å². The Morgan fingerprint density at radius 1 is 1.53 bits per heavy atom. The molecular weight excluding hydrogens is 218 g/mol. The molecule has 94 valence electrons. The van der Waals surface area contributed by atoms with Gasteiger partial charge in [0.05, 0.1) is 12.3 Å². The van der Waals surface area contributed by atoms with Gasteiger partial charge in [0.1, 0.15) is 0 Å². The Balaban J connectivity index is 2.27. The van der Waals surface area contributed by atoms with Crippen LogP contribution in [-0.4, -0.2) is 27.6 Å². The Morgan fingerprint density at radius 3 is 3.06 bits per heavy atom. The van der Waals surface area contributed by atoms with Crippen molar-refractivity contribution in [3.63, 3.8) is 0 Å². The van der Waals surface area contributed by atoms with Crippen LogP contribution in [0.5, 0.6) is 0 Å². The molecule has 0 saturated carbocycles. The van der Waals surface area contributed by atoms with E-state index in [4.69, 9.17) is 4.74 Å². The fraction of sp³-hybridized carbons (Fsp3) is 0.583. The van der Waals surface area contributed by atoms with E-state index in [2.05, 4.69) is 17.2 Å². The van der Waals surface area contributed by atoms with E-state index in [1.54, 1.807) is 13.0 Å². The molecule has 1 aromatic heterocycles. The largest absolute Gasteiger partial charge is 0.463 e. The third-order valence-electron chi connectivity index (χ3n) is 2.15. The van der Waals surface area contributed by atoms with Crippen LogP contribution >= 0.6 is 0 Å². The zero-order chi connectivity index (χ0) is 12.5. The number of aromatic nitrogens is 3. The number of carbonyl (C=O) groups is 1. The highest BCUT2D eigenvalue weighted by atomic mass is 16.5. The summed E-state index contributed by atoms with van der Waals surface area (Å²) in [5, 5.41) is 8.05. The maximum atomic E-state index is 11.0. The van der Waals surface area contributed by atoms with Crippen LogP contribution < -0.4 is 0 Å². The minimum Gasteiger partial charge on any atom is -0.463 e. The Bertz CT molecular complexity index is 372. The summed E-state index contributed by atoms with van der Waals surface area (Å²) in [6.45, 7) is 5.20. The van der Waals surface area contributed by atoms with Crippen molar-refractivity contribution in [3.05, 3.63) is 24.0 Å². The van der Waals surface area contributed by atoms with Crippen molar-refractivity contribution in [2.24, 2.45) is 0 Å². The lowest BCUT2D eigenvalue weighted by molar-refractivity contribution is -0.137. The van der Waals surface area contributed by atoms with Gasteiger partial charge in [0.25, 0.3) is 0 Å². The summed E-state index contributed by atoms with van der Waals surface area (Å²) >= 11 is 0. The van der Waals surface area contributed by atoms with E-state index >= 15 is 0 Å². The Labute approximate surface area is 101 Å². The molecule has 1 rings (SSSR count). The van der Waals surface area contributed by atoms with Crippen LogP contribution in [0.25, 0.3) is 0 Å². The van der Waals surface area contributed by atoms with Crippen LogP contribution in [0, 0.1) is 0 Å². The van der Waals surface area contributed by atoms with E-state index in [0.717, 1.165) is 31.5 Å². The second-order valence-corrected chi connectivity index (χ2v) is 3.67. The molecule has 0 bridgehead atoms. The first-order valence-corrected chi connectivity index (χ1v) is 5.98. The summed E-state index contributed by atoms with van der Waals surface area (Å²) in [5.74, 6) is -0.290. The molecule has 1 heterocycles. The Hall–Kier alpha value is -1.65. The van der Waals surface area contributed by atoms with E-state index < -0.39 is 0 Å². The Morgan fingerprint density at radius 2 is 2.35 bits per heavy atom. The second-order valence-electron chi connectivity index (χ2n) is 3.67. The predicted molar refractivity (Wildman–Crippen MR) is 64.4 cm³/mol. The molecule has 0 unspecified atom stereocenters. The average Bonchev–Trinajstić information content (AvgIpc) is 2.73. The maximum Gasteiger partial charge on any atom is 0.330 e. The van der Waals surface area contributed by atoms with Crippen LogP contribution in [0.2, 0.25) is 0 Å². The number of carbonyl (C=O) groups excluding carboxylic acids is 1. The number of aryl methyl sites for hydroxylation is 2. The summed E-state index contributed by atoms with van der Waals surface area (Å²) in [4.78, 5) is 11.0. The van der Waals surface area contributed by atoms with E-state index in [-0.39, 0.29) is 5.97 Å². The minimum atomic E-state index is -0.290. The molecule has 0 amide bonds. The average molecular weight is 237 g/mol. The summed E-state index contributed by atoms with van der Waals surface area (Å²) in [6.07, 6.45) is 7.81. The lowest BCUT2D eigenvalue weighted by atomic mass is 10.2. The summed E-state index contributed by atoms with van der Waals surface area (Å²) in [6, 6.07) is 0. The van der Waals surface area contributed by atoms with Gasteiger partial charge in [-0.3, -0.25) is 4.68 Å². The van der Waals surface area contributed by atoms with Gasteiger partial charge in [0, 0.05) is 18.8 Å². The number of ether oxygens (including phenoxy) is 1. The predicted octanol–water partition coefficient (Wildman–Crippen LogP) is 1.74. The van der Waals surface area contributed by atoms with Gasteiger partial charge in [0.2, 0.25) is 0 Å². The molecule has 5 heteroatoms. The van der Waals surface area contributed by atoms with Crippen molar-refractivity contribution < 1.29 is 9.53 Å². The van der Waals surface area contributed by atoms with Gasteiger partial charge in [-0.1, -0.05) is 18.2 Å². The third-order valence-corrected chi connectivity index (χ3v) is 2.15. The van der Waals surface area contributed by atoms with Gasteiger partial charge >= 0.3 is 5.97 Å². The highest BCUT2D eigenvalue weighted by Crippen LogP contribution is 2.00. The van der Waals surface area contributed by atoms with Gasteiger partial charge in [-0.25, -0.2) is 4.79 Å². The SMILES string of the molecule is CCCn1cc(CC/C=C/C(=O)OCC)nn1. The normalized spacial score (nSPS) is 10.9. The number of nitrogens with zero attached hydrogens (tertiary/aromatic N) is 3. The first kappa shape index (κ1) is 13.4. The third kappa shape index (κ3) is 5.29. The lowest BCUT2D eigenvalue weighted by Gasteiger charge is -1.94. The van der Waals surface area contributed by atoms with E-state index in [9.17, 15) is 4.79 Å². The number of hydrogen-bond acceptors (Lipinski definition) is 4. The molecule has 0 aliphatic heterocycles. The lowest BCUT2D eigenvalue weighted by Crippen LogP contribution is -1.98. The highest BCUT2D eigenvalue weighted by molar-refractivity contribution is 5.81. The molecule has 0 atom stereocenters. The fourth-order valence-corrected chi connectivity index (χ4v) is 1.39. The quantitative estimate of drug-likeness (QED) is 0.535. The zero-order valence-electron chi connectivity index (χ0n) is 10.4. The smallest absolute Gasteiger partial charge is 0.330 e. The molecule has 0 spiro atoms. The number of allylic oxidation sites excluding steroid dienone is 1. The van der Waals surface area contributed by atoms with Crippen LogP contribution in [-0.2, 0) is 22.5 Å². The molecule has 1 aromatic rings. The molecule has 0 radical (unpaired) electrons. The Kier molecular flexibility index (Phi) is 5.99. The topological polar surface area (TPSA) is 57.0 Å². The molecule has 0 aliphatic rings. The van der Waals surface area contributed by atoms with E-state index in [1.807, 2.05) is 10.9 Å². The number of rotatable bonds is 7. The van der Waals surface area contributed by atoms with Crippen molar-refractivity contribution in [1.29, 1.82) is 0 Å². The van der Waals surface area contributed by atoms with E-state index in [1.165, 1.54) is 6.08 Å². The first-order chi connectivity index (χ1) is 8.26.